The minimum atomic E-state index is -3.67. The fourth-order valence-electron chi connectivity index (χ4n) is 2.74. The van der Waals surface area contributed by atoms with Crippen molar-refractivity contribution in [1.82, 2.24) is 5.32 Å². The lowest BCUT2D eigenvalue weighted by Gasteiger charge is -2.19. The van der Waals surface area contributed by atoms with Gasteiger partial charge in [0.1, 0.15) is 4.21 Å². The standard InChI is InChI=1S/C15H16ClNO4S3/c16-12-5-3-11(4-6-12)8-17-13-9-23(18,19)10-14(13)24(20,21)15-2-1-7-22-15/h1-7,13-14,17H,8-10H2/t13-,14-/m0/s1. The Hall–Kier alpha value is -0.930. The molecule has 9 heteroatoms. The predicted octanol–water partition coefficient (Wildman–Crippen LogP) is 2.13. The van der Waals surface area contributed by atoms with Crippen molar-refractivity contribution in [2.24, 2.45) is 0 Å². The highest BCUT2D eigenvalue weighted by Crippen LogP contribution is 2.28. The summed E-state index contributed by atoms with van der Waals surface area (Å²) in [6, 6.07) is 9.66. The zero-order chi connectivity index (χ0) is 17.4. The first-order chi connectivity index (χ1) is 11.3. The number of halogens is 1. The van der Waals surface area contributed by atoms with Gasteiger partial charge in [0.05, 0.1) is 16.8 Å². The van der Waals surface area contributed by atoms with Gasteiger partial charge in [0.15, 0.2) is 19.7 Å². The van der Waals surface area contributed by atoms with Crippen molar-refractivity contribution in [3.63, 3.8) is 0 Å². The summed E-state index contributed by atoms with van der Waals surface area (Å²) in [7, 11) is -7.06. The highest BCUT2D eigenvalue weighted by molar-refractivity contribution is 7.97. The second kappa shape index (κ2) is 6.76. The number of hydrogen-bond acceptors (Lipinski definition) is 6. The molecular weight excluding hydrogens is 390 g/mol. The van der Waals surface area contributed by atoms with Crippen LogP contribution < -0.4 is 5.32 Å². The third-order valence-electron chi connectivity index (χ3n) is 3.96. The molecule has 1 N–H and O–H groups in total. The normalized spacial score (nSPS) is 23.4. The van der Waals surface area contributed by atoms with Crippen molar-refractivity contribution in [2.75, 3.05) is 11.5 Å². The van der Waals surface area contributed by atoms with E-state index in [2.05, 4.69) is 5.32 Å². The van der Waals surface area contributed by atoms with Gasteiger partial charge in [0.25, 0.3) is 0 Å². The molecule has 24 heavy (non-hydrogen) atoms. The van der Waals surface area contributed by atoms with Crippen molar-refractivity contribution in [2.45, 2.75) is 22.0 Å². The molecule has 1 aliphatic heterocycles. The van der Waals surface area contributed by atoms with Crippen LogP contribution in [0.25, 0.3) is 0 Å². The van der Waals surface area contributed by atoms with E-state index in [9.17, 15) is 16.8 Å². The molecule has 0 spiro atoms. The molecule has 2 atom stereocenters. The van der Waals surface area contributed by atoms with Crippen molar-refractivity contribution in [3.8, 4) is 0 Å². The fourth-order valence-corrected chi connectivity index (χ4v) is 8.80. The number of thiophene rings is 1. The number of benzene rings is 1. The van der Waals surface area contributed by atoms with Gasteiger partial charge in [-0.2, -0.15) is 0 Å². The third-order valence-corrected chi connectivity index (χ3v) is 9.79. The lowest BCUT2D eigenvalue weighted by Crippen LogP contribution is -2.42. The first kappa shape index (κ1) is 17.9. The summed E-state index contributed by atoms with van der Waals surface area (Å²) in [6.45, 7) is 0.383. The van der Waals surface area contributed by atoms with E-state index < -0.39 is 31.0 Å². The zero-order valence-corrected chi connectivity index (χ0v) is 15.8. The molecule has 2 aromatic rings. The number of nitrogens with one attached hydrogen (secondary N) is 1. The summed E-state index contributed by atoms with van der Waals surface area (Å²) in [5.74, 6) is -0.513. The molecule has 0 bridgehead atoms. The maximum absolute atomic E-state index is 12.7. The zero-order valence-electron chi connectivity index (χ0n) is 12.6. The number of hydrogen-bond donors (Lipinski definition) is 1. The monoisotopic (exact) mass is 405 g/mol. The largest absolute Gasteiger partial charge is 0.308 e. The molecule has 1 aromatic carbocycles. The van der Waals surface area contributed by atoms with Crippen molar-refractivity contribution < 1.29 is 16.8 Å². The van der Waals surface area contributed by atoms with E-state index in [1.54, 1.807) is 23.6 Å². The highest BCUT2D eigenvalue weighted by atomic mass is 35.5. The summed E-state index contributed by atoms with van der Waals surface area (Å²) >= 11 is 6.95. The highest BCUT2D eigenvalue weighted by Gasteiger charge is 2.45. The Morgan fingerprint density at radius 1 is 1.17 bits per heavy atom. The summed E-state index contributed by atoms with van der Waals surface area (Å²) in [5.41, 5.74) is 0.913. The van der Waals surface area contributed by atoms with Crippen molar-refractivity contribution in [1.29, 1.82) is 0 Å². The Balaban J connectivity index is 1.81. The topological polar surface area (TPSA) is 80.3 Å². The summed E-state index contributed by atoms with van der Waals surface area (Å²) < 4.78 is 49.7. The van der Waals surface area contributed by atoms with Crippen LogP contribution in [0.15, 0.2) is 46.0 Å². The summed E-state index contributed by atoms with van der Waals surface area (Å²) in [6.07, 6.45) is 0. The van der Waals surface area contributed by atoms with E-state index in [-0.39, 0.29) is 15.7 Å². The van der Waals surface area contributed by atoms with Crippen LogP contribution in [0.3, 0.4) is 0 Å². The molecule has 0 radical (unpaired) electrons. The smallest absolute Gasteiger partial charge is 0.193 e. The first-order valence-electron chi connectivity index (χ1n) is 7.23. The van der Waals surface area contributed by atoms with Crippen LogP contribution in [0.5, 0.6) is 0 Å². The molecule has 0 aliphatic carbocycles. The van der Waals surface area contributed by atoms with Crippen molar-refractivity contribution in [3.05, 3.63) is 52.4 Å². The Labute approximate surface area is 150 Å². The van der Waals surface area contributed by atoms with Crippen LogP contribution >= 0.6 is 22.9 Å². The molecule has 1 fully saturated rings. The number of rotatable bonds is 5. The molecule has 130 valence electrons. The van der Waals surface area contributed by atoms with Gasteiger partial charge in [-0.1, -0.05) is 29.8 Å². The average Bonchev–Trinajstić information content (AvgIpc) is 3.15. The molecule has 0 amide bonds. The Kier molecular flexibility index (Phi) is 5.04. The molecule has 0 saturated carbocycles. The summed E-state index contributed by atoms with van der Waals surface area (Å²) in [4.78, 5) is 0. The third kappa shape index (κ3) is 3.83. The van der Waals surface area contributed by atoms with Gasteiger partial charge in [-0.3, -0.25) is 0 Å². The molecule has 1 aliphatic rings. The maximum atomic E-state index is 12.7. The van der Waals surface area contributed by atoms with Crippen LogP contribution in [0.4, 0.5) is 0 Å². The molecule has 1 saturated heterocycles. The minimum Gasteiger partial charge on any atom is -0.308 e. The van der Waals surface area contributed by atoms with Crippen LogP contribution in [-0.2, 0) is 26.2 Å². The van der Waals surface area contributed by atoms with E-state index in [0.29, 0.717) is 11.6 Å². The average molecular weight is 406 g/mol. The number of sulfone groups is 2. The second-order valence-corrected chi connectivity index (χ2v) is 11.6. The van der Waals surface area contributed by atoms with Gasteiger partial charge < -0.3 is 5.32 Å². The van der Waals surface area contributed by atoms with E-state index in [4.69, 9.17) is 11.6 Å². The molecule has 3 rings (SSSR count). The SMILES string of the molecule is O=S1(=O)C[C@H](NCc2ccc(Cl)cc2)[C@@H](S(=O)(=O)c2cccs2)C1. The Morgan fingerprint density at radius 2 is 1.88 bits per heavy atom. The molecule has 5 nitrogen and oxygen atoms in total. The van der Waals surface area contributed by atoms with Crippen LogP contribution in [0.2, 0.25) is 5.02 Å². The maximum Gasteiger partial charge on any atom is 0.193 e. The van der Waals surface area contributed by atoms with Gasteiger partial charge in [-0.25, -0.2) is 16.8 Å². The van der Waals surface area contributed by atoms with Crippen LogP contribution in [0.1, 0.15) is 5.56 Å². The predicted molar refractivity (Wildman–Crippen MR) is 96.0 cm³/mol. The first-order valence-corrected chi connectivity index (χ1v) is 11.9. The quantitative estimate of drug-likeness (QED) is 0.824. The fraction of sp³-hybridized carbons (Fsp3) is 0.333. The Morgan fingerprint density at radius 3 is 2.50 bits per heavy atom. The molecular formula is C15H16ClNO4S3. The lowest BCUT2D eigenvalue weighted by atomic mass is 10.2. The Bertz CT molecular complexity index is 906. The second-order valence-electron chi connectivity index (χ2n) is 5.71. The van der Waals surface area contributed by atoms with Gasteiger partial charge in [0, 0.05) is 17.6 Å². The van der Waals surface area contributed by atoms with Gasteiger partial charge in [-0.15, -0.1) is 11.3 Å². The van der Waals surface area contributed by atoms with E-state index in [1.807, 2.05) is 12.1 Å². The lowest BCUT2D eigenvalue weighted by molar-refractivity contribution is 0.527. The minimum absolute atomic E-state index is 0.171. The van der Waals surface area contributed by atoms with Gasteiger partial charge >= 0.3 is 0 Å². The van der Waals surface area contributed by atoms with E-state index in [0.717, 1.165) is 16.9 Å². The van der Waals surface area contributed by atoms with Gasteiger partial charge in [-0.05, 0) is 29.1 Å². The molecule has 2 heterocycles. The van der Waals surface area contributed by atoms with Crippen LogP contribution in [-0.4, -0.2) is 39.6 Å². The molecule has 0 unspecified atom stereocenters. The molecule has 1 aromatic heterocycles. The van der Waals surface area contributed by atoms with Gasteiger partial charge in [0.2, 0.25) is 0 Å². The van der Waals surface area contributed by atoms with Crippen LogP contribution in [0, 0.1) is 0 Å². The van der Waals surface area contributed by atoms with E-state index >= 15 is 0 Å². The summed E-state index contributed by atoms with van der Waals surface area (Å²) in [5, 5.41) is 4.41. The van der Waals surface area contributed by atoms with Crippen molar-refractivity contribution >= 4 is 42.6 Å². The van der Waals surface area contributed by atoms with E-state index in [1.165, 1.54) is 6.07 Å².